The van der Waals surface area contributed by atoms with Crippen LogP contribution in [-0.4, -0.2) is 54.2 Å². The smallest absolute Gasteiger partial charge is 0.262 e. The van der Waals surface area contributed by atoms with Crippen molar-refractivity contribution in [2.24, 2.45) is 5.10 Å². The zero-order chi connectivity index (χ0) is 25.8. The van der Waals surface area contributed by atoms with E-state index in [4.69, 9.17) is 9.84 Å². The van der Waals surface area contributed by atoms with Crippen LogP contribution in [0.1, 0.15) is 52.4 Å². The highest BCUT2D eigenvalue weighted by molar-refractivity contribution is 6.03. The van der Waals surface area contributed by atoms with Crippen molar-refractivity contribution in [1.82, 2.24) is 9.91 Å². The normalized spacial score (nSPS) is 17.0. The molecule has 2 heterocycles. The molecule has 0 radical (unpaired) electrons. The van der Waals surface area contributed by atoms with Crippen LogP contribution in [0.15, 0.2) is 77.9 Å². The van der Waals surface area contributed by atoms with E-state index in [0.717, 1.165) is 59.8 Å². The second kappa shape index (κ2) is 10.9. The van der Waals surface area contributed by atoms with Gasteiger partial charge >= 0.3 is 0 Å². The summed E-state index contributed by atoms with van der Waals surface area (Å²) in [4.78, 5) is 28.1. The molecule has 1 N–H and O–H groups in total. The first-order valence-corrected chi connectivity index (χ1v) is 12.8. The van der Waals surface area contributed by atoms with Gasteiger partial charge in [0.2, 0.25) is 0 Å². The minimum absolute atomic E-state index is 0.0744. The maximum atomic E-state index is 13.4. The zero-order valence-corrected chi connectivity index (χ0v) is 21.3. The van der Waals surface area contributed by atoms with E-state index in [9.17, 15) is 9.59 Å². The highest BCUT2D eigenvalue weighted by Crippen LogP contribution is 2.33. The number of rotatable bonds is 7. The number of methoxy groups -OCH3 is 1. The molecular weight excluding hydrogens is 464 g/mol. The first-order chi connectivity index (χ1) is 18.0. The van der Waals surface area contributed by atoms with E-state index in [1.54, 1.807) is 12.1 Å². The van der Waals surface area contributed by atoms with E-state index >= 15 is 0 Å². The predicted octanol–water partition coefficient (Wildman–Crippen LogP) is 5.03. The van der Waals surface area contributed by atoms with Crippen molar-refractivity contribution in [2.45, 2.75) is 32.2 Å². The third-order valence-electron chi connectivity index (χ3n) is 7.07. The summed E-state index contributed by atoms with van der Waals surface area (Å²) in [6.07, 6.45) is 2.76. The standard InChI is InChI=1S/C30H32N4O3/c1-21-18-24(30(36)33-16-6-7-17-33)12-15-26(21)31-20-29(35)34-28(23-10-13-25(37-2)14-11-23)19-27(32-34)22-8-4-3-5-9-22/h3-5,8-15,18,28,31H,6-7,16-17,19-20H2,1-2H3. The van der Waals surface area contributed by atoms with Gasteiger partial charge < -0.3 is 15.0 Å². The summed E-state index contributed by atoms with van der Waals surface area (Å²) in [6.45, 7) is 3.69. The summed E-state index contributed by atoms with van der Waals surface area (Å²) in [5.74, 6) is 0.724. The van der Waals surface area contributed by atoms with Crippen LogP contribution in [0.25, 0.3) is 0 Å². The van der Waals surface area contributed by atoms with E-state index in [0.29, 0.717) is 12.0 Å². The topological polar surface area (TPSA) is 74.2 Å². The van der Waals surface area contributed by atoms with Crippen LogP contribution < -0.4 is 10.1 Å². The summed E-state index contributed by atoms with van der Waals surface area (Å²) < 4.78 is 5.30. The number of ether oxygens (including phenoxy) is 1. The Morgan fingerprint density at radius 1 is 1.00 bits per heavy atom. The van der Waals surface area contributed by atoms with Gasteiger partial charge in [0.05, 0.1) is 25.4 Å². The Labute approximate surface area is 217 Å². The third-order valence-corrected chi connectivity index (χ3v) is 7.07. The molecule has 1 fully saturated rings. The van der Waals surface area contributed by atoms with Gasteiger partial charge in [-0.3, -0.25) is 9.59 Å². The SMILES string of the molecule is COc1ccc(C2CC(c3ccccc3)=NN2C(=O)CNc2ccc(C(=O)N3CCCC3)cc2C)cc1. The van der Waals surface area contributed by atoms with Gasteiger partial charge in [0.15, 0.2) is 0 Å². The minimum Gasteiger partial charge on any atom is -0.497 e. The number of carbonyl (C=O) groups excluding carboxylic acids is 2. The number of likely N-dealkylation sites (tertiary alicyclic amines) is 1. The van der Waals surface area contributed by atoms with E-state index in [2.05, 4.69) is 5.32 Å². The molecule has 2 aliphatic rings. The van der Waals surface area contributed by atoms with Gasteiger partial charge in [0, 0.05) is 30.8 Å². The molecule has 3 aromatic carbocycles. The van der Waals surface area contributed by atoms with Gasteiger partial charge in [-0.05, 0) is 66.8 Å². The molecule has 0 spiro atoms. The molecule has 2 aliphatic heterocycles. The molecule has 7 nitrogen and oxygen atoms in total. The number of hydrogen-bond donors (Lipinski definition) is 1. The Balaban J connectivity index is 1.32. The molecule has 0 saturated carbocycles. The monoisotopic (exact) mass is 496 g/mol. The van der Waals surface area contributed by atoms with E-state index < -0.39 is 0 Å². The number of amides is 2. The molecule has 3 aromatic rings. The van der Waals surface area contributed by atoms with E-state index in [1.807, 2.05) is 84.6 Å². The largest absolute Gasteiger partial charge is 0.497 e. The van der Waals surface area contributed by atoms with Crippen molar-refractivity contribution in [3.8, 4) is 5.75 Å². The highest BCUT2D eigenvalue weighted by Gasteiger charge is 2.33. The van der Waals surface area contributed by atoms with Gasteiger partial charge in [0.1, 0.15) is 5.75 Å². The van der Waals surface area contributed by atoms with Gasteiger partial charge in [0.25, 0.3) is 11.8 Å². The van der Waals surface area contributed by atoms with Crippen molar-refractivity contribution in [3.05, 3.63) is 95.1 Å². The number of aryl methyl sites for hydroxylation is 1. The number of carbonyl (C=O) groups is 2. The minimum atomic E-state index is -0.197. The summed E-state index contributed by atoms with van der Waals surface area (Å²) in [5, 5.41) is 9.61. The van der Waals surface area contributed by atoms with Crippen LogP contribution in [0.3, 0.4) is 0 Å². The van der Waals surface area contributed by atoms with Gasteiger partial charge in [-0.2, -0.15) is 5.10 Å². The number of hydrogen-bond acceptors (Lipinski definition) is 5. The van der Waals surface area contributed by atoms with Crippen molar-refractivity contribution >= 4 is 23.2 Å². The first kappa shape index (κ1) is 24.6. The zero-order valence-electron chi connectivity index (χ0n) is 21.3. The lowest BCUT2D eigenvalue weighted by Crippen LogP contribution is -2.32. The molecule has 190 valence electrons. The lowest BCUT2D eigenvalue weighted by atomic mass is 9.98. The van der Waals surface area contributed by atoms with Crippen LogP contribution in [-0.2, 0) is 4.79 Å². The average Bonchev–Trinajstić information content (AvgIpc) is 3.63. The van der Waals surface area contributed by atoms with Crippen molar-refractivity contribution in [3.63, 3.8) is 0 Å². The molecule has 0 bridgehead atoms. The molecule has 5 rings (SSSR count). The molecule has 2 amide bonds. The van der Waals surface area contributed by atoms with Gasteiger partial charge in [-0.1, -0.05) is 42.5 Å². The molecule has 37 heavy (non-hydrogen) atoms. The quantitative estimate of drug-likeness (QED) is 0.498. The van der Waals surface area contributed by atoms with Gasteiger partial charge in [-0.15, -0.1) is 0 Å². The van der Waals surface area contributed by atoms with Crippen LogP contribution in [0.4, 0.5) is 5.69 Å². The summed E-state index contributed by atoms with van der Waals surface area (Å²) in [7, 11) is 1.64. The Morgan fingerprint density at radius 3 is 2.41 bits per heavy atom. The fraction of sp³-hybridized carbons (Fsp3) is 0.300. The maximum absolute atomic E-state index is 13.4. The lowest BCUT2D eigenvalue weighted by Gasteiger charge is -2.23. The van der Waals surface area contributed by atoms with Crippen molar-refractivity contribution < 1.29 is 14.3 Å². The van der Waals surface area contributed by atoms with Crippen LogP contribution in [0.5, 0.6) is 5.75 Å². The highest BCUT2D eigenvalue weighted by atomic mass is 16.5. The Bertz CT molecular complexity index is 1300. The van der Waals surface area contributed by atoms with Gasteiger partial charge in [-0.25, -0.2) is 5.01 Å². The average molecular weight is 497 g/mol. The second-order valence-electron chi connectivity index (χ2n) is 9.53. The maximum Gasteiger partial charge on any atom is 0.262 e. The molecular formula is C30H32N4O3. The second-order valence-corrected chi connectivity index (χ2v) is 9.53. The fourth-order valence-electron chi connectivity index (χ4n) is 4.98. The molecule has 1 saturated heterocycles. The Kier molecular flexibility index (Phi) is 7.21. The molecule has 1 unspecified atom stereocenters. The molecule has 7 heteroatoms. The Hall–Kier alpha value is -4.13. The van der Waals surface area contributed by atoms with Crippen LogP contribution >= 0.6 is 0 Å². The fourth-order valence-corrected chi connectivity index (χ4v) is 4.98. The van der Waals surface area contributed by atoms with E-state index in [-0.39, 0.29) is 24.4 Å². The van der Waals surface area contributed by atoms with Crippen molar-refractivity contribution in [1.29, 1.82) is 0 Å². The lowest BCUT2D eigenvalue weighted by molar-refractivity contribution is -0.131. The van der Waals surface area contributed by atoms with Crippen LogP contribution in [0, 0.1) is 6.92 Å². The third kappa shape index (κ3) is 5.35. The summed E-state index contributed by atoms with van der Waals surface area (Å²) >= 11 is 0. The predicted molar refractivity (Wildman–Crippen MR) is 145 cm³/mol. The molecule has 0 aliphatic carbocycles. The number of nitrogens with one attached hydrogen (secondary N) is 1. The molecule has 1 atom stereocenters. The number of anilines is 1. The van der Waals surface area contributed by atoms with Crippen LogP contribution in [0.2, 0.25) is 0 Å². The summed E-state index contributed by atoms with van der Waals surface area (Å²) in [6, 6.07) is 23.2. The number of nitrogens with zero attached hydrogens (tertiary/aromatic N) is 3. The Morgan fingerprint density at radius 2 is 1.73 bits per heavy atom. The summed E-state index contributed by atoms with van der Waals surface area (Å²) in [5.41, 5.74) is 5.35. The van der Waals surface area contributed by atoms with Crippen molar-refractivity contribution in [2.75, 3.05) is 32.1 Å². The molecule has 0 aromatic heterocycles. The van der Waals surface area contributed by atoms with E-state index in [1.165, 1.54) is 0 Å². The first-order valence-electron chi connectivity index (χ1n) is 12.8. The number of hydrazone groups is 1. The number of benzene rings is 3.